The molecule has 0 spiro atoms. The zero-order valence-corrected chi connectivity index (χ0v) is 10.9. The van der Waals surface area contributed by atoms with Gasteiger partial charge < -0.3 is 5.32 Å². The molecule has 0 aliphatic rings. The second-order valence-electron chi connectivity index (χ2n) is 4.94. The van der Waals surface area contributed by atoms with Crippen LogP contribution in [0.1, 0.15) is 26.3 Å². The zero-order valence-electron chi connectivity index (χ0n) is 10.9. The summed E-state index contributed by atoms with van der Waals surface area (Å²) in [4.78, 5) is 0. The monoisotopic (exact) mass is 241 g/mol. The Balaban J connectivity index is 2.82. The molecule has 0 aliphatic heterocycles. The second-order valence-corrected chi connectivity index (χ2v) is 4.94. The van der Waals surface area contributed by atoms with Crippen LogP contribution in [-0.2, 0) is 6.42 Å². The van der Waals surface area contributed by atoms with Crippen molar-refractivity contribution in [2.45, 2.75) is 33.2 Å². The molecule has 0 bridgehead atoms. The Labute approximate surface area is 102 Å². The van der Waals surface area contributed by atoms with E-state index in [1.165, 1.54) is 12.1 Å². The maximum atomic E-state index is 13.1. The molecular formula is C14H21F2N. The molecule has 0 aromatic heterocycles. The normalized spacial score (nSPS) is 15.0. The molecule has 0 heterocycles. The van der Waals surface area contributed by atoms with Crippen molar-refractivity contribution < 1.29 is 8.78 Å². The van der Waals surface area contributed by atoms with E-state index in [1.54, 1.807) is 6.07 Å². The average molecular weight is 241 g/mol. The molecule has 1 aromatic rings. The number of halogens is 2. The summed E-state index contributed by atoms with van der Waals surface area (Å²) in [5.41, 5.74) is 0.852. The largest absolute Gasteiger partial charge is 0.317 e. The zero-order chi connectivity index (χ0) is 13.0. The first-order chi connectivity index (χ1) is 7.95. The van der Waals surface area contributed by atoms with Crippen LogP contribution in [0.3, 0.4) is 0 Å². The van der Waals surface area contributed by atoms with E-state index in [0.717, 1.165) is 12.0 Å². The fraction of sp³-hybridized carbons (Fsp3) is 0.571. The molecule has 2 atom stereocenters. The Morgan fingerprint density at radius 2 is 1.76 bits per heavy atom. The van der Waals surface area contributed by atoms with E-state index in [4.69, 9.17) is 0 Å². The van der Waals surface area contributed by atoms with Crippen molar-refractivity contribution in [2.24, 2.45) is 11.8 Å². The smallest absolute Gasteiger partial charge is 0.159 e. The summed E-state index contributed by atoms with van der Waals surface area (Å²) in [6.07, 6.45) is 0.761. The minimum absolute atomic E-state index is 0.350. The van der Waals surface area contributed by atoms with E-state index in [2.05, 4.69) is 26.1 Å². The van der Waals surface area contributed by atoms with Crippen LogP contribution in [0.25, 0.3) is 0 Å². The maximum absolute atomic E-state index is 13.1. The van der Waals surface area contributed by atoms with Crippen LogP contribution in [0, 0.1) is 23.5 Å². The Morgan fingerprint density at radius 3 is 2.24 bits per heavy atom. The van der Waals surface area contributed by atoms with E-state index in [0.29, 0.717) is 17.9 Å². The molecule has 0 saturated carbocycles. The van der Waals surface area contributed by atoms with Crippen molar-refractivity contribution in [1.29, 1.82) is 0 Å². The average Bonchev–Trinajstić information content (AvgIpc) is 2.29. The van der Waals surface area contributed by atoms with Gasteiger partial charge in [-0.25, -0.2) is 8.78 Å². The summed E-state index contributed by atoms with van der Waals surface area (Å²) < 4.78 is 26.0. The van der Waals surface area contributed by atoms with Gasteiger partial charge in [-0.15, -0.1) is 0 Å². The number of nitrogens with one attached hydrogen (secondary N) is 1. The molecule has 3 heteroatoms. The molecule has 96 valence electrons. The Kier molecular flexibility index (Phi) is 5.06. The molecule has 0 fully saturated rings. The molecule has 0 amide bonds. The van der Waals surface area contributed by atoms with Crippen LogP contribution in [0.15, 0.2) is 18.2 Å². The highest BCUT2D eigenvalue weighted by atomic mass is 19.2. The minimum atomic E-state index is -0.781. The van der Waals surface area contributed by atoms with E-state index >= 15 is 0 Å². The first-order valence-corrected chi connectivity index (χ1v) is 6.07. The minimum Gasteiger partial charge on any atom is -0.317 e. The molecule has 0 aliphatic carbocycles. The van der Waals surface area contributed by atoms with Gasteiger partial charge in [0.25, 0.3) is 0 Å². The van der Waals surface area contributed by atoms with Crippen molar-refractivity contribution in [3.8, 4) is 0 Å². The highest BCUT2D eigenvalue weighted by Gasteiger charge is 2.20. The second kappa shape index (κ2) is 6.10. The van der Waals surface area contributed by atoms with Crippen LogP contribution in [0.5, 0.6) is 0 Å². The van der Waals surface area contributed by atoms with Crippen molar-refractivity contribution in [3.05, 3.63) is 35.4 Å². The third-order valence-corrected chi connectivity index (χ3v) is 3.41. The lowest BCUT2D eigenvalue weighted by Gasteiger charge is -2.27. The van der Waals surface area contributed by atoms with Crippen LogP contribution >= 0.6 is 0 Å². The van der Waals surface area contributed by atoms with Crippen LogP contribution in [0.2, 0.25) is 0 Å². The molecule has 1 rings (SSSR count). The molecule has 2 unspecified atom stereocenters. The van der Waals surface area contributed by atoms with E-state index < -0.39 is 11.6 Å². The van der Waals surface area contributed by atoms with Gasteiger partial charge in [-0.1, -0.05) is 19.9 Å². The number of hydrogen-bond acceptors (Lipinski definition) is 1. The van der Waals surface area contributed by atoms with E-state index in [1.807, 2.05) is 7.05 Å². The Morgan fingerprint density at radius 1 is 1.12 bits per heavy atom. The van der Waals surface area contributed by atoms with Crippen molar-refractivity contribution >= 4 is 0 Å². The van der Waals surface area contributed by atoms with Crippen LogP contribution in [0.4, 0.5) is 8.78 Å². The lowest BCUT2D eigenvalue weighted by Crippen LogP contribution is -2.35. The fourth-order valence-corrected chi connectivity index (χ4v) is 2.14. The molecule has 0 radical (unpaired) electrons. The summed E-state index contributed by atoms with van der Waals surface area (Å²) in [6.45, 7) is 6.42. The summed E-state index contributed by atoms with van der Waals surface area (Å²) >= 11 is 0. The highest BCUT2D eigenvalue weighted by molar-refractivity contribution is 5.18. The van der Waals surface area contributed by atoms with Gasteiger partial charge in [-0.2, -0.15) is 0 Å². The summed E-state index contributed by atoms with van der Waals surface area (Å²) in [5, 5.41) is 3.22. The predicted molar refractivity (Wildman–Crippen MR) is 66.9 cm³/mol. The van der Waals surface area contributed by atoms with Gasteiger partial charge >= 0.3 is 0 Å². The van der Waals surface area contributed by atoms with Gasteiger partial charge in [-0.05, 0) is 49.9 Å². The molecule has 1 N–H and O–H groups in total. The van der Waals surface area contributed by atoms with Gasteiger partial charge in [-0.3, -0.25) is 0 Å². The van der Waals surface area contributed by atoms with Crippen molar-refractivity contribution in [2.75, 3.05) is 7.05 Å². The number of benzene rings is 1. The van der Waals surface area contributed by atoms with Gasteiger partial charge in [0.1, 0.15) is 0 Å². The highest BCUT2D eigenvalue weighted by Crippen LogP contribution is 2.21. The van der Waals surface area contributed by atoms with Crippen LogP contribution < -0.4 is 5.32 Å². The lowest BCUT2D eigenvalue weighted by atomic mass is 9.84. The topological polar surface area (TPSA) is 12.0 Å². The predicted octanol–water partition coefficient (Wildman–Crippen LogP) is 3.39. The Hall–Kier alpha value is -0.960. The summed E-state index contributed by atoms with van der Waals surface area (Å²) in [5.74, 6) is -0.644. The van der Waals surface area contributed by atoms with Crippen molar-refractivity contribution in [3.63, 3.8) is 0 Å². The lowest BCUT2D eigenvalue weighted by molar-refractivity contribution is 0.299. The van der Waals surface area contributed by atoms with E-state index in [9.17, 15) is 8.78 Å². The van der Waals surface area contributed by atoms with Gasteiger partial charge in [0, 0.05) is 6.04 Å². The van der Waals surface area contributed by atoms with Gasteiger partial charge in [0.15, 0.2) is 11.6 Å². The van der Waals surface area contributed by atoms with Gasteiger partial charge in [0.05, 0.1) is 0 Å². The quantitative estimate of drug-likeness (QED) is 0.833. The molecule has 0 saturated heterocycles. The third-order valence-electron chi connectivity index (χ3n) is 3.41. The van der Waals surface area contributed by atoms with Crippen LogP contribution in [-0.4, -0.2) is 13.1 Å². The summed E-state index contributed by atoms with van der Waals surface area (Å²) in [7, 11) is 1.92. The molecule has 1 aromatic carbocycles. The fourth-order valence-electron chi connectivity index (χ4n) is 2.14. The first-order valence-electron chi connectivity index (χ1n) is 6.07. The molecule has 17 heavy (non-hydrogen) atoms. The van der Waals surface area contributed by atoms with Gasteiger partial charge in [0.2, 0.25) is 0 Å². The van der Waals surface area contributed by atoms with E-state index in [-0.39, 0.29) is 0 Å². The molecular weight excluding hydrogens is 220 g/mol. The summed E-state index contributed by atoms with van der Waals surface area (Å²) in [6, 6.07) is 4.51. The third kappa shape index (κ3) is 3.77. The van der Waals surface area contributed by atoms with Crippen molar-refractivity contribution in [1.82, 2.24) is 5.32 Å². The Bertz CT molecular complexity index is 363. The number of hydrogen-bond donors (Lipinski definition) is 1. The molecule has 1 nitrogen and oxygen atoms in total. The number of rotatable bonds is 5. The maximum Gasteiger partial charge on any atom is 0.159 e. The standard InChI is InChI=1S/C14H21F2N/c1-9(2)12(10(3)17-4)7-11-5-6-13(15)14(16)8-11/h5-6,8-10,12,17H,7H2,1-4H3. The SMILES string of the molecule is CNC(C)C(Cc1ccc(F)c(F)c1)C(C)C. The first kappa shape index (κ1) is 14.1.